The lowest BCUT2D eigenvalue weighted by atomic mass is 9.83. The molecule has 0 amide bonds. The van der Waals surface area contributed by atoms with Crippen molar-refractivity contribution < 1.29 is 4.42 Å². The number of hydrogen-bond acceptors (Lipinski definition) is 3. The molecule has 1 aliphatic carbocycles. The Balaban J connectivity index is 1.60. The van der Waals surface area contributed by atoms with Crippen molar-refractivity contribution in [2.24, 2.45) is 5.92 Å². The summed E-state index contributed by atoms with van der Waals surface area (Å²) >= 11 is 0. The molecule has 2 aromatic rings. The zero-order valence-electron chi connectivity index (χ0n) is 12.7. The van der Waals surface area contributed by atoms with E-state index < -0.39 is 0 Å². The van der Waals surface area contributed by atoms with Crippen molar-refractivity contribution in [1.29, 1.82) is 0 Å². The van der Waals surface area contributed by atoms with Gasteiger partial charge in [-0.1, -0.05) is 31.9 Å². The first-order chi connectivity index (χ1) is 10.3. The van der Waals surface area contributed by atoms with Crippen molar-refractivity contribution in [3.63, 3.8) is 0 Å². The Bertz CT molecular complexity index is 542. The van der Waals surface area contributed by atoms with E-state index in [9.17, 15) is 0 Å². The van der Waals surface area contributed by atoms with Gasteiger partial charge in [0, 0.05) is 17.3 Å². The van der Waals surface area contributed by atoms with Gasteiger partial charge >= 0.3 is 0 Å². The Morgan fingerprint density at radius 2 is 2.10 bits per heavy atom. The van der Waals surface area contributed by atoms with Crippen molar-refractivity contribution >= 4 is 5.69 Å². The second kappa shape index (κ2) is 6.79. The van der Waals surface area contributed by atoms with Crippen LogP contribution in [0.3, 0.4) is 0 Å². The summed E-state index contributed by atoms with van der Waals surface area (Å²) in [4.78, 5) is 3.98. The van der Waals surface area contributed by atoms with Gasteiger partial charge in [0.2, 0.25) is 0 Å². The number of nitrogens with zero attached hydrogens (tertiary/aromatic N) is 1. The molecule has 0 saturated heterocycles. The molecular formula is C18H24N2O. The third-order valence-electron chi connectivity index (χ3n) is 4.49. The second-order valence-electron chi connectivity index (χ2n) is 6.10. The van der Waals surface area contributed by atoms with Crippen LogP contribution in [0.5, 0.6) is 0 Å². The fraction of sp³-hybridized carbons (Fsp3) is 0.500. The van der Waals surface area contributed by atoms with Crippen molar-refractivity contribution in [3.8, 4) is 11.3 Å². The Labute approximate surface area is 126 Å². The minimum absolute atomic E-state index is 0.614. The number of oxazole rings is 1. The van der Waals surface area contributed by atoms with Crippen molar-refractivity contribution in [2.75, 3.05) is 5.32 Å². The molecule has 0 bridgehead atoms. The third kappa shape index (κ3) is 3.66. The summed E-state index contributed by atoms with van der Waals surface area (Å²) in [6.45, 7) is 2.29. The molecule has 1 aromatic carbocycles. The van der Waals surface area contributed by atoms with Crippen LogP contribution < -0.4 is 5.32 Å². The molecule has 21 heavy (non-hydrogen) atoms. The van der Waals surface area contributed by atoms with Crippen LogP contribution >= 0.6 is 0 Å². The Morgan fingerprint density at radius 3 is 2.81 bits per heavy atom. The maximum Gasteiger partial charge on any atom is 0.181 e. The standard InChI is InChI=1S/C18H24N2O/c1-2-4-14-7-9-16(10-8-14)20-17-6-3-5-15(11-17)18-12-19-13-21-18/h3,5-6,11-14,16,20H,2,4,7-10H2,1H3. The summed E-state index contributed by atoms with van der Waals surface area (Å²) in [5, 5.41) is 3.68. The van der Waals surface area contributed by atoms with Gasteiger partial charge in [-0.15, -0.1) is 0 Å². The van der Waals surface area contributed by atoms with E-state index >= 15 is 0 Å². The quantitative estimate of drug-likeness (QED) is 0.828. The molecule has 3 nitrogen and oxygen atoms in total. The average molecular weight is 284 g/mol. The molecule has 112 valence electrons. The highest BCUT2D eigenvalue weighted by atomic mass is 16.3. The lowest BCUT2D eigenvalue weighted by molar-refractivity contribution is 0.319. The van der Waals surface area contributed by atoms with Gasteiger partial charge in [0.1, 0.15) is 0 Å². The summed E-state index contributed by atoms with van der Waals surface area (Å²) < 4.78 is 5.37. The van der Waals surface area contributed by atoms with Gasteiger partial charge in [-0.3, -0.25) is 0 Å². The Hall–Kier alpha value is -1.77. The first kappa shape index (κ1) is 14.2. The molecular weight excluding hydrogens is 260 g/mol. The molecule has 3 heteroatoms. The number of anilines is 1. The van der Waals surface area contributed by atoms with E-state index in [4.69, 9.17) is 4.42 Å². The molecule has 1 saturated carbocycles. The van der Waals surface area contributed by atoms with Crippen LogP contribution in [0.4, 0.5) is 5.69 Å². The molecule has 0 radical (unpaired) electrons. The predicted octanol–water partition coefficient (Wildman–Crippen LogP) is 5.11. The fourth-order valence-corrected chi connectivity index (χ4v) is 3.36. The van der Waals surface area contributed by atoms with Crippen LogP contribution in [-0.4, -0.2) is 11.0 Å². The van der Waals surface area contributed by atoms with E-state index in [2.05, 4.69) is 41.5 Å². The average Bonchev–Trinajstić information content (AvgIpc) is 3.04. The monoisotopic (exact) mass is 284 g/mol. The van der Waals surface area contributed by atoms with Crippen molar-refractivity contribution in [1.82, 2.24) is 4.98 Å². The molecule has 1 N–H and O–H groups in total. The van der Waals surface area contributed by atoms with E-state index in [1.807, 2.05) is 0 Å². The first-order valence-corrected chi connectivity index (χ1v) is 8.10. The smallest absolute Gasteiger partial charge is 0.181 e. The van der Waals surface area contributed by atoms with Crippen molar-refractivity contribution in [3.05, 3.63) is 36.9 Å². The molecule has 1 heterocycles. The molecule has 0 unspecified atom stereocenters. The molecule has 0 atom stereocenters. The van der Waals surface area contributed by atoms with Gasteiger partial charge < -0.3 is 9.73 Å². The van der Waals surface area contributed by atoms with Crippen LogP contribution in [0, 0.1) is 5.92 Å². The highest BCUT2D eigenvalue weighted by Crippen LogP contribution is 2.30. The van der Waals surface area contributed by atoms with Gasteiger partial charge in [-0.2, -0.15) is 0 Å². The normalized spacial score (nSPS) is 22.1. The third-order valence-corrected chi connectivity index (χ3v) is 4.49. The highest BCUT2D eigenvalue weighted by molar-refractivity contribution is 5.63. The summed E-state index contributed by atoms with van der Waals surface area (Å²) in [6, 6.07) is 9.03. The number of aromatic nitrogens is 1. The zero-order valence-corrected chi connectivity index (χ0v) is 12.7. The lowest BCUT2D eigenvalue weighted by Crippen LogP contribution is -2.26. The highest BCUT2D eigenvalue weighted by Gasteiger charge is 2.20. The van der Waals surface area contributed by atoms with Crippen molar-refractivity contribution in [2.45, 2.75) is 51.5 Å². The summed E-state index contributed by atoms with van der Waals surface area (Å²) in [7, 11) is 0. The molecule has 0 spiro atoms. The maximum absolute atomic E-state index is 5.37. The van der Waals surface area contributed by atoms with E-state index in [1.165, 1.54) is 50.6 Å². The van der Waals surface area contributed by atoms with E-state index in [-0.39, 0.29) is 0 Å². The number of benzene rings is 1. The SMILES string of the molecule is CCCC1CCC(Nc2cccc(-c3cnco3)c2)CC1. The van der Waals surface area contributed by atoms with E-state index in [0.29, 0.717) is 6.04 Å². The summed E-state index contributed by atoms with van der Waals surface area (Å²) in [5.41, 5.74) is 2.26. The fourth-order valence-electron chi connectivity index (χ4n) is 3.36. The van der Waals surface area contributed by atoms with Gasteiger partial charge in [-0.25, -0.2) is 4.98 Å². The Kier molecular flexibility index (Phi) is 4.59. The minimum atomic E-state index is 0.614. The number of rotatable bonds is 5. The Morgan fingerprint density at radius 1 is 1.24 bits per heavy atom. The second-order valence-corrected chi connectivity index (χ2v) is 6.10. The van der Waals surface area contributed by atoms with Crippen LogP contribution in [-0.2, 0) is 0 Å². The summed E-state index contributed by atoms with van der Waals surface area (Å²) in [5.74, 6) is 1.78. The zero-order chi connectivity index (χ0) is 14.5. The molecule has 0 aliphatic heterocycles. The van der Waals surface area contributed by atoms with Gasteiger partial charge in [0.25, 0.3) is 0 Å². The summed E-state index contributed by atoms with van der Waals surface area (Å²) in [6.07, 6.45) is 11.3. The van der Waals surface area contributed by atoms with Crippen LogP contribution in [0.1, 0.15) is 45.4 Å². The molecule has 1 fully saturated rings. The molecule has 1 aliphatic rings. The van der Waals surface area contributed by atoms with Gasteiger partial charge in [-0.05, 0) is 43.7 Å². The lowest BCUT2D eigenvalue weighted by Gasteiger charge is -2.29. The van der Waals surface area contributed by atoms with Crippen LogP contribution in [0.15, 0.2) is 41.3 Å². The van der Waals surface area contributed by atoms with Crippen LogP contribution in [0.2, 0.25) is 0 Å². The predicted molar refractivity (Wildman–Crippen MR) is 86.2 cm³/mol. The molecule has 3 rings (SSSR count). The van der Waals surface area contributed by atoms with Gasteiger partial charge in [0.05, 0.1) is 6.20 Å². The minimum Gasteiger partial charge on any atom is -0.444 e. The largest absolute Gasteiger partial charge is 0.444 e. The topological polar surface area (TPSA) is 38.1 Å². The maximum atomic E-state index is 5.37. The van der Waals surface area contributed by atoms with E-state index in [0.717, 1.165) is 17.2 Å². The number of nitrogens with one attached hydrogen (secondary N) is 1. The van der Waals surface area contributed by atoms with E-state index in [1.54, 1.807) is 6.20 Å². The first-order valence-electron chi connectivity index (χ1n) is 8.10. The molecule has 1 aromatic heterocycles. The number of hydrogen-bond donors (Lipinski definition) is 1. The van der Waals surface area contributed by atoms with Crippen LogP contribution in [0.25, 0.3) is 11.3 Å². The van der Waals surface area contributed by atoms with Gasteiger partial charge in [0.15, 0.2) is 12.2 Å².